The molecule has 4 rings (SSSR count). The summed E-state index contributed by atoms with van der Waals surface area (Å²) in [6.07, 6.45) is 1.60. The van der Waals surface area contributed by atoms with Gasteiger partial charge in [0.05, 0.1) is 17.6 Å². The van der Waals surface area contributed by atoms with Crippen molar-refractivity contribution in [3.63, 3.8) is 0 Å². The molecule has 1 amide bonds. The van der Waals surface area contributed by atoms with E-state index in [1.54, 1.807) is 18.2 Å². The zero-order valence-electron chi connectivity index (χ0n) is 19.1. The van der Waals surface area contributed by atoms with Crippen molar-refractivity contribution >= 4 is 16.9 Å². The summed E-state index contributed by atoms with van der Waals surface area (Å²) < 4.78 is 2.92. The lowest BCUT2D eigenvalue weighted by Gasteiger charge is -2.15. The molecule has 0 fully saturated rings. The zero-order chi connectivity index (χ0) is 24.1. The average molecular weight is 454 g/mol. The van der Waals surface area contributed by atoms with Gasteiger partial charge in [0, 0.05) is 18.7 Å². The lowest BCUT2D eigenvalue weighted by molar-refractivity contribution is 0.0951. The van der Waals surface area contributed by atoms with E-state index in [-0.39, 0.29) is 24.9 Å². The summed E-state index contributed by atoms with van der Waals surface area (Å²) in [5.41, 5.74) is 2.72. The first-order chi connectivity index (χ1) is 16.5. The number of para-hydroxylation sites is 2. The molecule has 6 nitrogen and oxygen atoms in total. The van der Waals surface area contributed by atoms with Crippen molar-refractivity contribution in [1.82, 2.24) is 14.5 Å². The summed E-state index contributed by atoms with van der Waals surface area (Å²) in [6.45, 7) is 6.79. The molecule has 1 N–H and O–H groups in total. The van der Waals surface area contributed by atoms with Gasteiger partial charge in [0.15, 0.2) is 0 Å². The van der Waals surface area contributed by atoms with Gasteiger partial charge in [0.1, 0.15) is 0 Å². The number of amides is 1. The monoisotopic (exact) mass is 453 g/mol. The summed E-state index contributed by atoms with van der Waals surface area (Å²) in [7, 11) is 0. The summed E-state index contributed by atoms with van der Waals surface area (Å²) in [4.78, 5) is 38.1. The van der Waals surface area contributed by atoms with E-state index in [2.05, 4.69) is 18.8 Å². The van der Waals surface area contributed by atoms with Gasteiger partial charge in [0.25, 0.3) is 5.91 Å². The van der Waals surface area contributed by atoms with Gasteiger partial charge >= 0.3 is 11.1 Å². The van der Waals surface area contributed by atoms with Crippen LogP contribution in [-0.2, 0) is 13.1 Å². The Labute approximate surface area is 197 Å². The van der Waals surface area contributed by atoms with Gasteiger partial charge in [-0.3, -0.25) is 23.5 Å². The van der Waals surface area contributed by atoms with E-state index >= 15 is 0 Å². The number of allylic oxidation sites excluding steroid dienone is 1. The number of carbonyl (C=O) groups is 1. The minimum atomic E-state index is -0.586. The Bertz CT molecular complexity index is 1430. The number of aromatic nitrogens is 2. The van der Waals surface area contributed by atoms with Crippen molar-refractivity contribution in [2.75, 3.05) is 6.54 Å². The molecule has 0 aliphatic heterocycles. The molecule has 0 radical (unpaired) electrons. The molecule has 0 spiro atoms. The number of fused-ring (bicyclic) bond motifs is 1. The zero-order valence-corrected chi connectivity index (χ0v) is 19.1. The van der Waals surface area contributed by atoms with Gasteiger partial charge in [-0.05, 0) is 41.3 Å². The van der Waals surface area contributed by atoms with Gasteiger partial charge in [-0.2, -0.15) is 0 Å². The van der Waals surface area contributed by atoms with Crippen LogP contribution < -0.4 is 16.4 Å². The van der Waals surface area contributed by atoms with Crippen molar-refractivity contribution in [3.8, 4) is 0 Å². The number of nitrogens with zero attached hydrogens (tertiary/aromatic N) is 2. The van der Waals surface area contributed by atoms with Gasteiger partial charge in [-0.15, -0.1) is 6.58 Å². The van der Waals surface area contributed by atoms with Crippen LogP contribution in [0, 0.1) is 0 Å². The molecule has 1 heterocycles. The van der Waals surface area contributed by atoms with Gasteiger partial charge in [-0.25, -0.2) is 0 Å². The number of carbonyl (C=O) groups excluding carboxylic acids is 1. The van der Waals surface area contributed by atoms with E-state index in [1.165, 1.54) is 14.7 Å². The van der Waals surface area contributed by atoms with E-state index < -0.39 is 11.1 Å². The SMILES string of the molecule is C=CCn1c(=O)c(=O)n(Cc2ccc(C(=O)NCC(C)c3ccccc3)cc2)c2ccccc21. The van der Waals surface area contributed by atoms with Crippen molar-refractivity contribution < 1.29 is 4.79 Å². The third-order valence-electron chi connectivity index (χ3n) is 5.94. The minimum Gasteiger partial charge on any atom is -0.351 e. The maximum atomic E-state index is 12.9. The smallest absolute Gasteiger partial charge is 0.317 e. The summed E-state index contributed by atoms with van der Waals surface area (Å²) in [5, 5.41) is 2.98. The topological polar surface area (TPSA) is 73.1 Å². The molecule has 0 saturated carbocycles. The first-order valence-electron chi connectivity index (χ1n) is 11.2. The normalized spacial score (nSPS) is 11.8. The maximum Gasteiger partial charge on any atom is 0.317 e. The number of nitrogens with one attached hydrogen (secondary N) is 1. The molecule has 34 heavy (non-hydrogen) atoms. The van der Waals surface area contributed by atoms with Crippen molar-refractivity contribution in [2.24, 2.45) is 0 Å². The number of benzene rings is 3. The van der Waals surface area contributed by atoms with Crippen LogP contribution in [0.15, 0.2) is 101 Å². The van der Waals surface area contributed by atoms with Crippen molar-refractivity contribution in [2.45, 2.75) is 25.9 Å². The summed E-state index contributed by atoms with van der Waals surface area (Å²) >= 11 is 0. The first-order valence-corrected chi connectivity index (χ1v) is 11.2. The lowest BCUT2D eigenvalue weighted by atomic mass is 10.0. The third kappa shape index (κ3) is 4.76. The van der Waals surface area contributed by atoms with Crippen molar-refractivity contribution in [3.05, 3.63) is 129 Å². The Morgan fingerprint density at radius 1 is 0.882 bits per heavy atom. The van der Waals surface area contributed by atoms with Crippen LogP contribution in [0.4, 0.5) is 0 Å². The van der Waals surface area contributed by atoms with Gasteiger partial charge in [-0.1, -0.05) is 67.6 Å². The predicted octanol–water partition coefficient (Wildman–Crippen LogP) is 3.93. The van der Waals surface area contributed by atoms with Crippen LogP contribution in [-0.4, -0.2) is 21.6 Å². The average Bonchev–Trinajstić information content (AvgIpc) is 2.88. The summed E-state index contributed by atoms with van der Waals surface area (Å²) in [6, 6.07) is 24.5. The molecule has 172 valence electrons. The minimum absolute atomic E-state index is 0.149. The number of rotatable bonds is 8. The van der Waals surface area contributed by atoms with E-state index in [0.717, 1.165) is 5.56 Å². The van der Waals surface area contributed by atoms with Crippen LogP contribution in [0.1, 0.15) is 34.3 Å². The van der Waals surface area contributed by atoms with Crippen LogP contribution in [0.5, 0.6) is 0 Å². The molecule has 4 aromatic rings. The van der Waals surface area contributed by atoms with Crippen LogP contribution in [0.25, 0.3) is 11.0 Å². The van der Waals surface area contributed by atoms with E-state index in [1.807, 2.05) is 66.7 Å². The second kappa shape index (κ2) is 10.2. The van der Waals surface area contributed by atoms with E-state index in [9.17, 15) is 14.4 Å². The highest BCUT2D eigenvalue weighted by atomic mass is 16.2. The quantitative estimate of drug-likeness (QED) is 0.325. The fourth-order valence-corrected chi connectivity index (χ4v) is 4.03. The lowest BCUT2D eigenvalue weighted by Crippen LogP contribution is -2.41. The third-order valence-corrected chi connectivity index (χ3v) is 5.94. The Balaban J connectivity index is 1.52. The highest BCUT2D eigenvalue weighted by Gasteiger charge is 2.13. The molecule has 3 aromatic carbocycles. The second-order valence-electron chi connectivity index (χ2n) is 8.30. The molecule has 6 heteroatoms. The van der Waals surface area contributed by atoms with Crippen LogP contribution >= 0.6 is 0 Å². The fourth-order valence-electron chi connectivity index (χ4n) is 4.03. The molecular formula is C28H27N3O3. The van der Waals surface area contributed by atoms with Crippen LogP contribution in [0.3, 0.4) is 0 Å². The first kappa shape index (κ1) is 23.0. The molecule has 0 bridgehead atoms. The number of hydrogen-bond acceptors (Lipinski definition) is 3. The molecule has 0 saturated heterocycles. The second-order valence-corrected chi connectivity index (χ2v) is 8.30. The van der Waals surface area contributed by atoms with Gasteiger partial charge < -0.3 is 5.32 Å². The summed E-state index contributed by atoms with van der Waals surface area (Å²) in [5.74, 6) is 0.0526. The van der Waals surface area contributed by atoms with E-state index in [0.29, 0.717) is 23.1 Å². The fraction of sp³-hybridized carbons (Fsp3) is 0.179. The van der Waals surface area contributed by atoms with Crippen molar-refractivity contribution in [1.29, 1.82) is 0 Å². The molecule has 1 aromatic heterocycles. The van der Waals surface area contributed by atoms with Gasteiger partial charge in [0.2, 0.25) is 0 Å². The maximum absolute atomic E-state index is 12.9. The number of hydrogen-bond donors (Lipinski definition) is 1. The molecule has 1 unspecified atom stereocenters. The molecular weight excluding hydrogens is 426 g/mol. The molecule has 0 aliphatic carbocycles. The standard InChI is InChI=1S/C28H27N3O3/c1-3-17-30-24-11-7-8-12-25(24)31(28(34)27(30)33)19-21-13-15-23(16-14-21)26(32)29-18-20(2)22-9-5-4-6-10-22/h3-16,20H,1,17-19H2,2H3,(H,29,32). The Morgan fingerprint density at radius 2 is 1.47 bits per heavy atom. The Kier molecular flexibility index (Phi) is 6.87. The Morgan fingerprint density at radius 3 is 2.12 bits per heavy atom. The highest BCUT2D eigenvalue weighted by Crippen LogP contribution is 2.15. The van der Waals surface area contributed by atoms with Crippen LogP contribution in [0.2, 0.25) is 0 Å². The largest absolute Gasteiger partial charge is 0.351 e. The Hall–Kier alpha value is -4.19. The van der Waals surface area contributed by atoms with E-state index in [4.69, 9.17) is 0 Å². The molecule has 1 atom stereocenters. The highest BCUT2D eigenvalue weighted by molar-refractivity contribution is 5.94. The predicted molar refractivity (Wildman–Crippen MR) is 135 cm³/mol. The molecule has 0 aliphatic rings.